The topological polar surface area (TPSA) is 55.1 Å². The summed E-state index contributed by atoms with van der Waals surface area (Å²) in [5.74, 6) is -0.420. The third-order valence-corrected chi connectivity index (χ3v) is 3.01. The molecule has 94 valence electrons. The minimum Gasteiger partial charge on any atom is -0.324 e. The van der Waals surface area contributed by atoms with Crippen molar-refractivity contribution < 1.29 is 9.18 Å². The number of carbonyl (C=O) groups excluding carboxylic acids is 1. The van der Waals surface area contributed by atoms with Crippen LogP contribution in [0.25, 0.3) is 0 Å². The quantitative estimate of drug-likeness (QED) is 0.846. The molecule has 2 atom stereocenters. The van der Waals surface area contributed by atoms with Crippen molar-refractivity contribution in [1.29, 1.82) is 0 Å². The molecule has 0 aliphatic heterocycles. The number of anilines is 1. The van der Waals surface area contributed by atoms with Crippen LogP contribution in [-0.2, 0) is 4.79 Å². The van der Waals surface area contributed by atoms with Crippen LogP contribution in [0.1, 0.15) is 25.8 Å². The lowest BCUT2D eigenvalue weighted by atomic mass is 9.99. The van der Waals surface area contributed by atoms with E-state index in [0.717, 1.165) is 6.42 Å². The van der Waals surface area contributed by atoms with Gasteiger partial charge in [0.2, 0.25) is 5.91 Å². The molecule has 0 radical (unpaired) electrons. The van der Waals surface area contributed by atoms with Gasteiger partial charge in [-0.1, -0.05) is 20.3 Å². The molecule has 1 rings (SSSR count). The maximum Gasteiger partial charge on any atom is 0.241 e. The molecular weight excluding hydrogens is 219 g/mol. The lowest BCUT2D eigenvalue weighted by Gasteiger charge is -2.18. The van der Waals surface area contributed by atoms with Crippen molar-refractivity contribution in [3.05, 3.63) is 29.6 Å². The molecule has 3 nitrogen and oxygen atoms in total. The number of benzene rings is 1. The van der Waals surface area contributed by atoms with E-state index in [2.05, 4.69) is 5.32 Å². The van der Waals surface area contributed by atoms with Crippen LogP contribution in [0, 0.1) is 18.7 Å². The standard InChI is InChI=1S/C13H19FN2O/c1-4-8(2)12(15)13(17)16-11-6-5-10(14)7-9(11)3/h5-8,12H,4,15H2,1-3H3,(H,16,17). The van der Waals surface area contributed by atoms with Gasteiger partial charge in [0.1, 0.15) is 5.82 Å². The van der Waals surface area contributed by atoms with E-state index < -0.39 is 6.04 Å². The third kappa shape index (κ3) is 3.53. The Morgan fingerprint density at radius 3 is 2.71 bits per heavy atom. The van der Waals surface area contributed by atoms with E-state index in [1.54, 1.807) is 13.0 Å². The fraction of sp³-hybridized carbons (Fsp3) is 0.462. The van der Waals surface area contributed by atoms with Crippen LogP contribution in [-0.4, -0.2) is 11.9 Å². The Bertz CT molecular complexity index is 406. The third-order valence-electron chi connectivity index (χ3n) is 3.01. The first kappa shape index (κ1) is 13.6. The molecule has 0 saturated carbocycles. The lowest BCUT2D eigenvalue weighted by Crippen LogP contribution is -2.40. The van der Waals surface area contributed by atoms with E-state index in [1.807, 2.05) is 13.8 Å². The predicted molar refractivity (Wildman–Crippen MR) is 67.2 cm³/mol. The van der Waals surface area contributed by atoms with Gasteiger partial charge in [0.05, 0.1) is 6.04 Å². The Morgan fingerprint density at radius 1 is 1.53 bits per heavy atom. The molecule has 0 heterocycles. The number of nitrogens with two attached hydrogens (primary N) is 1. The van der Waals surface area contributed by atoms with Crippen molar-refractivity contribution in [3.63, 3.8) is 0 Å². The fourth-order valence-corrected chi connectivity index (χ4v) is 1.50. The highest BCUT2D eigenvalue weighted by molar-refractivity contribution is 5.95. The second-order valence-electron chi connectivity index (χ2n) is 4.36. The van der Waals surface area contributed by atoms with Gasteiger partial charge in [-0.2, -0.15) is 0 Å². The summed E-state index contributed by atoms with van der Waals surface area (Å²) in [7, 11) is 0. The normalized spacial score (nSPS) is 14.2. The summed E-state index contributed by atoms with van der Waals surface area (Å²) in [6.07, 6.45) is 0.844. The molecule has 0 fully saturated rings. The number of amides is 1. The highest BCUT2D eigenvalue weighted by atomic mass is 19.1. The van der Waals surface area contributed by atoms with Crippen molar-refractivity contribution >= 4 is 11.6 Å². The molecule has 4 heteroatoms. The Balaban J connectivity index is 2.74. The highest BCUT2D eigenvalue weighted by Gasteiger charge is 2.19. The number of aryl methyl sites for hydroxylation is 1. The molecule has 1 aromatic carbocycles. The van der Waals surface area contributed by atoms with Gasteiger partial charge in [0, 0.05) is 5.69 Å². The smallest absolute Gasteiger partial charge is 0.241 e. The zero-order chi connectivity index (χ0) is 13.0. The number of carbonyl (C=O) groups is 1. The first-order chi connectivity index (χ1) is 7.95. The number of hydrogen-bond donors (Lipinski definition) is 2. The molecule has 0 saturated heterocycles. The average molecular weight is 238 g/mol. The van der Waals surface area contributed by atoms with Crippen molar-refractivity contribution in [1.82, 2.24) is 0 Å². The number of nitrogens with one attached hydrogen (secondary N) is 1. The molecule has 1 aromatic rings. The first-order valence-electron chi connectivity index (χ1n) is 5.78. The van der Waals surface area contributed by atoms with Crippen LogP contribution in [0.5, 0.6) is 0 Å². The van der Waals surface area contributed by atoms with Gasteiger partial charge in [-0.15, -0.1) is 0 Å². The molecule has 17 heavy (non-hydrogen) atoms. The highest BCUT2D eigenvalue weighted by Crippen LogP contribution is 2.16. The van der Waals surface area contributed by atoms with Crippen molar-refractivity contribution in [2.75, 3.05) is 5.32 Å². The first-order valence-corrected chi connectivity index (χ1v) is 5.78. The van der Waals surface area contributed by atoms with Crippen LogP contribution < -0.4 is 11.1 Å². The summed E-state index contributed by atoms with van der Waals surface area (Å²) >= 11 is 0. The summed E-state index contributed by atoms with van der Waals surface area (Å²) in [5.41, 5.74) is 7.11. The Morgan fingerprint density at radius 2 is 2.18 bits per heavy atom. The number of hydrogen-bond acceptors (Lipinski definition) is 2. The zero-order valence-electron chi connectivity index (χ0n) is 10.5. The lowest BCUT2D eigenvalue weighted by molar-refractivity contribution is -0.118. The monoisotopic (exact) mass is 238 g/mol. The van der Waals surface area contributed by atoms with E-state index in [1.165, 1.54) is 12.1 Å². The van der Waals surface area contributed by atoms with E-state index in [0.29, 0.717) is 11.3 Å². The van der Waals surface area contributed by atoms with Crippen LogP contribution >= 0.6 is 0 Å². The van der Waals surface area contributed by atoms with E-state index in [9.17, 15) is 9.18 Å². The van der Waals surface area contributed by atoms with Crippen LogP contribution in [0.4, 0.5) is 10.1 Å². The van der Waals surface area contributed by atoms with Crippen LogP contribution in [0.3, 0.4) is 0 Å². The molecule has 0 aromatic heterocycles. The summed E-state index contributed by atoms with van der Waals surface area (Å²) in [6.45, 7) is 5.66. The Hall–Kier alpha value is -1.42. The maximum atomic E-state index is 12.9. The molecule has 0 aliphatic carbocycles. The number of halogens is 1. The van der Waals surface area contributed by atoms with Gasteiger partial charge >= 0.3 is 0 Å². The van der Waals surface area contributed by atoms with E-state index >= 15 is 0 Å². The molecule has 0 spiro atoms. The molecule has 1 amide bonds. The van der Waals surface area contributed by atoms with Crippen LogP contribution in [0.15, 0.2) is 18.2 Å². The predicted octanol–water partition coefficient (Wildman–Crippen LogP) is 2.45. The molecule has 2 unspecified atom stereocenters. The summed E-state index contributed by atoms with van der Waals surface area (Å²) in [5, 5.41) is 2.72. The van der Waals surface area contributed by atoms with E-state index in [4.69, 9.17) is 5.73 Å². The SMILES string of the molecule is CCC(C)C(N)C(=O)Nc1ccc(F)cc1C. The largest absolute Gasteiger partial charge is 0.324 e. The maximum absolute atomic E-state index is 12.9. The molecule has 3 N–H and O–H groups in total. The molecule has 0 bridgehead atoms. The van der Waals surface area contributed by atoms with Crippen LogP contribution in [0.2, 0.25) is 0 Å². The minimum atomic E-state index is -0.538. The van der Waals surface area contributed by atoms with Gasteiger partial charge in [-0.05, 0) is 36.6 Å². The van der Waals surface area contributed by atoms with Crippen molar-refractivity contribution in [2.24, 2.45) is 11.7 Å². The summed E-state index contributed by atoms with van der Waals surface area (Å²) in [6, 6.07) is 3.71. The second kappa shape index (κ2) is 5.77. The Kier molecular flexibility index (Phi) is 4.63. The Labute approximate surface area is 101 Å². The minimum absolute atomic E-state index is 0.121. The van der Waals surface area contributed by atoms with Gasteiger partial charge in [0.15, 0.2) is 0 Å². The molecular formula is C13H19FN2O. The van der Waals surface area contributed by atoms with Gasteiger partial charge in [-0.25, -0.2) is 4.39 Å². The average Bonchev–Trinajstić information content (AvgIpc) is 2.30. The fourth-order valence-electron chi connectivity index (χ4n) is 1.50. The van der Waals surface area contributed by atoms with Gasteiger partial charge < -0.3 is 11.1 Å². The van der Waals surface area contributed by atoms with Crippen molar-refractivity contribution in [2.45, 2.75) is 33.2 Å². The van der Waals surface area contributed by atoms with Gasteiger partial charge in [-0.3, -0.25) is 4.79 Å². The number of rotatable bonds is 4. The zero-order valence-corrected chi connectivity index (χ0v) is 10.5. The summed E-state index contributed by atoms with van der Waals surface area (Å²) in [4.78, 5) is 11.8. The van der Waals surface area contributed by atoms with E-state index in [-0.39, 0.29) is 17.6 Å². The van der Waals surface area contributed by atoms with Crippen molar-refractivity contribution in [3.8, 4) is 0 Å². The second-order valence-corrected chi connectivity index (χ2v) is 4.36. The van der Waals surface area contributed by atoms with Gasteiger partial charge in [0.25, 0.3) is 0 Å². The molecule has 0 aliphatic rings. The summed E-state index contributed by atoms with van der Waals surface area (Å²) < 4.78 is 12.9.